The van der Waals surface area contributed by atoms with Crippen molar-refractivity contribution in [3.63, 3.8) is 0 Å². The Morgan fingerprint density at radius 1 is 1.38 bits per heavy atom. The molecule has 0 bridgehead atoms. The highest BCUT2D eigenvalue weighted by molar-refractivity contribution is 5.85. The Morgan fingerprint density at radius 3 is 2.54 bits per heavy atom. The van der Waals surface area contributed by atoms with E-state index in [0.717, 1.165) is 39.5 Å². The third kappa shape index (κ3) is 3.40. The molecule has 2 saturated heterocycles. The highest BCUT2D eigenvalue weighted by Crippen LogP contribution is 2.11. The summed E-state index contributed by atoms with van der Waals surface area (Å²) in [6, 6.07) is 0. The molecule has 5 heteroatoms. The standard InChI is InChI=1S/C8H16N2O2.ClH/c1-9(6-8-7-12-8)10-2-4-11-5-3-10;/h8H,2-7H2,1H3;1H. The summed E-state index contributed by atoms with van der Waals surface area (Å²) in [7, 11) is 2.12. The van der Waals surface area contributed by atoms with Crippen LogP contribution in [0.4, 0.5) is 0 Å². The van der Waals surface area contributed by atoms with Crippen molar-refractivity contribution in [1.29, 1.82) is 0 Å². The number of likely N-dealkylation sites (N-methyl/N-ethyl adjacent to an activating group) is 1. The van der Waals surface area contributed by atoms with Crippen molar-refractivity contribution in [1.82, 2.24) is 10.0 Å². The molecule has 1 unspecified atom stereocenters. The van der Waals surface area contributed by atoms with Gasteiger partial charge in [0.1, 0.15) is 0 Å². The molecule has 0 aliphatic carbocycles. The molecule has 0 aromatic carbocycles. The molecule has 0 spiro atoms. The minimum atomic E-state index is 0. The lowest BCUT2D eigenvalue weighted by molar-refractivity contribution is -0.0775. The highest BCUT2D eigenvalue weighted by atomic mass is 35.5. The van der Waals surface area contributed by atoms with E-state index >= 15 is 0 Å². The van der Waals surface area contributed by atoms with E-state index in [1.165, 1.54) is 0 Å². The molecular formula is C8H17ClN2O2. The van der Waals surface area contributed by atoms with Crippen LogP contribution < -0.4 is 0 Å². The first kappa shape index (κ1) is 11.2. The predicted molar refractivity (Wildman–Crippen MR) is 52.0 cm³/mol. The van der Waals surface area contributed by atoms with E-state index in [1.807, 2.05) is 0 Å². The number of hydrogen-bond acceptors (Lipinski definition) is 4. The number of hydrazine groups is 1. The van der Waals surface area contributed by atoms with Gasteiger partial charge in [0.05, 0.1) is 25.9 Å². The van der Waals surface area contributed by atoms with Crippen LogP contribution in [0.3, 0.4) is 0 Å². The van der Waals surface area contributed by atoms with Crippen LogP contribution in [0.25, 0.3) is 0 Å². The summed E-state index contributed by atoms with van der Waals surface area (Å²) in [6.07, 6.45) is 0.484. The summed E-state index contributed by atoms with van der Waals surface area (Å²) in [6.45, 7) is 5.72. The van der Waals surface area contributed by atoms with Gasteiger partial charge in [-0.05, 0) is 0 Å². The van der Waals surface area contributed by atoms with Crippen molar-refractivity contribution < 1.29 is 9.47 Å². The predicted octanol–water partition coefficient (Wildman–Crippen LogP) is -0.0140. The highest BCUT2D eigenvalue weighted by Gasteiger charge is 2.26. The molecule has 78 valence electrons. The van der Waals surface area contributed by atoms with Crippen LogP contribution in [0.5, 0.6) is 0 Å². The molecule has 0 aromatic rings. The van der Waals surface area contributed by atoms with E-state index in [2.05, 4.69) is 17.1 Å². The second-order valence-electron chi connectivity index (χ2n) is 3.36. The molecular weight excluding hydrogens is 192 g/mol. The Hall–Kier alpha value is 0.130. The van der Waals surface area contributed by atoms with Crippen LogP contribution in [0, 0.1) is 0 Å². The second-order valence-corrected chi connectivity index (χ2v) is 3.36. The molecule has 0 N–H and O–H groups in total. The SMILES string of the molecule is CN(CC1CO1)N1CCOCC1.Cl. The maximum Gasteiger partial charge on any atom is 0.0950 e. The Kier molecular flexibility index (Phi) is 4.41. The van der Waals surface area contributed by atoms with E-state index in [9.17, 15) is 0 Å². The quantitative estimate of drug-likeness (QED) is 0.610. The third-order valence-corrected chi connectivity index (χ3v) is 2.34. The number of morpholine rings is 1. The minimum Gasteiger partial charge on any atom is -0.379 e. The zero-order valence-corrected chi connectivity index (χ0v) is 8.76. The van der Waals surface area contributed by atoms with Gasteiger partial charge in [-0.1, -0.05) is 0 Å². The number of nitrogens with zero attached hydrogens (tertiary/aromatic N) is 2. The van der Waals surface area contributed by atoms with Gasteiger partial charge in [-0.2, -0.15) is 0 Å². The van der Waals surface area contributed by atoms with Gasteiger partial charge in [0.2, 0.25) is 0 Å². The monoisotopic (exact) mass is 208 g/mol. The van der Waals surface area contributed by atoms with Crippen molar-refractivity contribution in [3.8, 4) is 0 Å². The number of epoxide rings is 1. The lowest BCUT2D eigenvalue weighted by Crippen LogP contribution is -2.48. The van der Waals surface area contributed by atoms with Gasteiger partial charge in [-0.3, -0.25) is 0 Å². The van der Waals surface area contributed by atoms with Gasteiger partial charge in [0.15, 0.2) is 0 Å². The van der Waals surface area contributed by atoms with Crippen molar-refractivity contribution in [2.45, 2.75) is 6.10 Å². The van der Waals surface area contributed by atoms with E-state index in [0.29, 0.717) is 6.10 Å². The molecule has 0 radical (unpaired) electrons. The number of ether oxygens (including phenoxy) is 2. The van der Waals surface area contributed by atoms with Crippen LogP contribution in [0.1, 0.15) is 0 Å². The molecule has 2 aliphatic rings. The molecule has 2 rings (SSSR count). The molecule has 2 aliphatic heterocycles. The first-order valence-electron chi connectivity index (χ1n) is 4.51. The molecule has 0 amide bonds. The summed E-state index contributed by atoms with van der Waals surface area (Å²) >= 11 is 0. The van der Waals surface area contributed by atoms with Crippen LogP contribution in [0.2, 0.25) is 0 Å². The summed E-state index contributed by atoms with van der Waals surface area (Å²) in [5, 5.41) is 4.57. The number of halogens is 1. The Labute approximate surface area is 85.2 Å². The van der Waals surface area contributed by atoms with Crippen molar-refractivity contribution in [2.24, 2.45) is 0 Å². The summed E-state index contributed by atoms with van der Waals surface area (Å²) in [5.74, 6) is 0. The van der Waals surface area contributed by atoms with Crippen molar-refractivity contribution in [3.05, 3.63) is 0 Å². The van der Waals surface area contributed by atoms with Crippen LogP contribution in [0.15, 0.2) is 0 Å². The fraction of sp³-hybridized carbons (Fsp3) is 1.00. The minimum absolute atomic E-state index is 0. The molecule has 0 aromatic heterocycles. The average Bonchev–Trinajstić information content (AvgIpc) is 2.90. The zero-order valence-electron chi connectivity index (χ0n) is 7.94. The largest absolute Gasteiger partial charge is 0.379 e. The molecule has 2 heterocycles. The van der Waals surface area contributed by atoms with Crippen LogP contribution in [-0.2, 0) is 9.47 Å². The van der Waals surface area contributed by atoms with Crippen LogP contribution >= 0.6 is 12.4 Å². The summed E-state index contributed by atoms with van der Waals surface area (Å²) in [4.78, 5) is 0. The lowest BCUT2D eigenvalue weighted by atomic mass is 10.4. The number of rotatable bonds is 3. The molecule has 2 fully saturated rings. The van der Waals surface area contributed by atoms with E-state index in [4.69, 9.17) is 9.47 Å². The van der Waals surface area contributed by atoms with Gasteiger partial charge >= 0.3 is 0 Å². The van der Waals surface area contributed by atoms with Crippen molar-refractivity contribution in [2.75, 3.05) is 46.5 Å². The number of hydrogen-bond donors (Lipinski definition) is 0. The first-order valence-corrected chi connectivity index (χ1v) is 4.51. The van der Waals surface area contributed by atoms with Gasteiger partial charge in [-0.15, -0.1) is 12.4 Å². The fourth-order valence-corrected chi connectivity index (χ4v) is 1.48. The van der Waals surface area contributed by atoms with E-state index < -0.39 is 0 Å². The van der Waals surface area contributed by atoms with Gasteiger partial charge in [-0.25, -0.2) is 10.0 Å². The fourth-order valence-electron chi connectivity index (χ4n) is 1.48. The van der Waals surface area contributed by atoms with Crippen LogP contribution in [-0.4, -0.2) is 62.6 Å². The summed E-state index contributed by atoms with van der Waals surface area (Å²) in [5.41, 5.74) is 0. The third-order valence-electron chi connectivity index (χ3n) is 2.34. The molecule has 4 nitrogen and oxygen atoms in total. The van der Waals surface area contributed by atoms with Crippen molar-refractivity contribution >= 4 is 12.4 Å². The average molecular weight is 209 g/mol. The molecule has 0 saturated carbocycles. The molecule has 1 atom stereocenters. The first-order chi connectivity index (χ1) is 5.86. The van der Waals surface area contributed by atoms with Gasteiger partial charge in [0, 0.05) is 26.7 Å². The van der Waals surface area contributed by atoms with E-state index in [-0.39, 0.29) is 12.4 Å². The topological polar surface area (TPSA) is 28.2 Å². The van der Waals surface area contributed by atoms with Gasteiger partial charge < -0.3 is 9.47 Å². The zero-order chi connectivity index (χ0) is 8.39. The second kappa shape index (κ2) is 5.12. The smallest absolute Gasteiger partial charge is 0.0950 e. The maximum atomic E-state index is 5.27. The normalized spacial score (nSPS) is 28.6. The van der Waals surface area contributed by atoms with E-state index in [1.54, 1.807) is 0 Å². The Balaban J connectivity index is 0.000000845. The lowest BCUT2D eigenvalue weighted by Gasteiger charge is -2.34. The summed E-state index contributed by atoms with van der Waals surface area (Å²) < 4.78 is 10.4. The maximum absolute atomic E-state index is 5.27. The Bertz CT molecular complexity index is 149. The Morgan fingerprint density at radius 2 is 2.00 bits per heavy atom. The van der Waals surface area contributed by atoms with Gasteiger partial charge in [0.25, 0.3) is 0 Å². The molecule has 13 heavy (non-hydrogen) atoms.